The average molecular weight is 531 g/mol. The summed E-state index contributed by atoms with van der Waals surface area (Å²) in [7, 11) is 2.13. The number of aromatic nitrogens is 4. The lowest BCUT2D eigenvalue weighted by molar-refractivity contribution is 0.313. The molecule has 186 valence electrons. The number of rotatable bonds is 4. The first-order valence-electron chi connectivity index (χ1n) is 12.1. The van der Waals surface area contributed by atoms with Crippen LogP contribution < -0.4 is 10.5 Å². The van der Waals surface area contributed by atoms with Crippen molar-refractivity contribution in [2.75, 3.05) is 38.1 Å². The zero-order valence-corrected chi connectivity index (χ0v) is 21.7. The first-order chi connectivity index (χ1) is 18.0. The van der Waals surface area contributed by atoms with Crippen LogP contribution in [0.15, 0.2) is 83.8 Å². The van der Waals surface area contributed by atoms with Gasteiger partial charge in [0.1, 0.15) is 5.39 Å². The number of benzene rings is 3. The Hall–Kier alpha value is -3.65. The van der Waals surface area contributed by atoms with Crippen LogP contribution in [0.5, 0.6) is 0 Å². The van der Waals surface area contributed by atoms with Crippen LogP contribution >= 0.6 is 23.2 Å². The van der Waals surface area contributed by atoms with Crippen LogP contribution in [0.25, 0.3) is 33.8 Å². The number of likely N-dealkylation sites (N-methyl/N-ethyl adjacent to an activating group) is 1. The molecule has 0 bridgehead atoms. The van der Waals surface area contributed by atoms with Gasteiger partial charge in [-0.25, -0.2) is 9.67 Å². The second-order valence-electron chi connectivity index (χ2n) is 9.15. The monoisotopic (exact) mass is 530 g/mol. The maximum absolute atomic E-state index is 13.9. The molecule has 0 N–H and O–H groups in total. The summed E-state index contributed by atoms with van der Waals surface area (Å²) in [6, 6.07) is 22.7. The maximum atomic E-state index is 13.9. The highest BCUT2D eigenvalue weighted by Crippen LogP contribution is 2.32. The fourth-order valence-electron chi connectivity index (χ4n) is 4.64. The smallest absolute Gasteiger partial charge is 0.269 e. The molecule has 1 saturated heterocycles. The van der Waals surface area contributed by atoms with Gasteiger partial charge in [0.05, 0.1) is 16.4 Å². The van der Waals surface area contributed by atoms with Crippen molar-refractivity contribution in [3.8, 4) is 22.8 Å². The van der Waals surface area contributed by atoms with Crippen molar-refractivity contribution < 1.29 is 0 Å². The van der Waals surface area contributed by atoms with E-state index in [2.05, 4.69) is 21.9 Å². The SMILES string of the molecule is CN1CCN(c2ccc(-c3nc4nn(-c5ccccc5)cc4c(=O)n3-c3ccc(Cl)cc3)c(Cl)c2)CC1. The lowest BCUT2D eigenvalue weighted by Gasteiger charge is -2.34. The van der Waals surface area contributed by atoms with E-state index in [0.29, 0.717) is 38.2 Å². The lowest BCUT2D eigenvalue weighted by Crippen LogP contribution is -2.44. The van der Waals surface area contributed by atoms with Gasteiger partial charge in [-0.2, -0.15) is 0 Å². The highest BCUT2D eigenvalue weighted by atomic mass is 35.5. The third kappa shape index (κ3) is 4.50. The van der Waals surface area contributed by atoms with Crippen molar-refractivity contribution in [3.05, 3.63) is 99.4 Å². The maximum Gasteiger partial charge on any atom is 0.269 e. The normalized spacial score (nSPS) is 14.4. The molecule has 0 radical (unpaired) electrons. The van der Waals surface area contributed by atoms with Gasteiger partial charge >= 0.3 is 0 Å². The number of hydrogen-bond donors (Lipinski definition) is 0. The molecule has 3 aromatic carbocycles. The van der Waals surface area contributed by atoms with Gasteiger partial charge in [0, 0.05) is 48.6 Å². The minimum atomic E-state index is -0.233. The molecule has 0 amide bonds. The van der Waals surface area contributed by atoms with Crippen LogP contribution in [0.1, 0.15) is 0 Å². The largest absolute Gasteiger partial charge is 0.369 e. The van der Waals surface area contributed by atoms with Crippen LogP contribution in [-0.4, -0.2) is 57.5 Å². The van der Waals surface area contributed by atoms with E-state index in [-0.39, 0.29) is 5.56 Å². The number of hydrogen-bond acceptors (Lipinski definition) is 5. The van der Waals surface area contributed by atoms with Gasteiger partial charge in [-0.1, -0.05) is 41.4 Å². The highest BCUT2D eigenvalue weighted by molar-refractivity contribution is 6.33. The highest BCUT2D eigenvalue weighted by Gasteiger charge is 2.21. The van der Waals surface area contributed by atoms with E-state index < -0.39 is 0 Å². The van der Waals surface area contributed by atoms with Gasteiger partial charge in [-0.05, 0) is 61.6 Å². The van der Waals surface area contributed by atoms with Gasteiger partial charge < -0.3 is 9.80 Å². The molecule has 3 heterocycles. The molecule has 5 aromatic rings. The van der Waals surface area contributed by atoms with E-state index in [0.717, 1.165) is 37.6 Å². The van der Waals surface area contributed by atoms with E-state index in [9.17, 15) is 4.79 Å². The van der Waals surface area contributed by atoms with E-state index in [1.165, 1.54) is 0 Å². The van der Waals surface area contributed by atoms with E-state index in [1.54, 1.807) is 39.7 Å². The first-order valence-corrected chi connectivity index (χ1v) is 12.8. The molecule has 1 aliphatic heterocycles. The minimum absolute atomic E-state index is 0.233. The fraction of sp³-hybridized carbons (Fsp3) is 0.179. The Bertz CT molecular complexity index is 1640. The molecular formula is C28H24Cl2N6O. The summed E-state index contributed by atoms with van der Waals surface area (Å²) in [5, 5.41) is 6.14. The number of halogens is 2. The number of anilines is 1. The minimum Gasteiger partial charge on any atom is -0.369 e. The Balaban J connectivity index is 1.52. The quantitative estimate of drug-likeness (QED) is 0.315. The molecule has 0 spiro atoms. The number of nitrogens with zero attached hydrogens (tertiary/aromatic N) is 6. The van der Waals surface area contributed by atoms with E-state index >= 15 is 0 Å². The zero-order chi connectivity index (χ0) is 25.5. The molecule has 1 fully saturated rings. The summed E-state index contributed by atoms with van der Waals surface area (Å²) in [6.07, 6.45) is 1.72. The number of para-hydroxylation sites is 1. The zero-order valence-electron chi connectivity index (χ0n) is 20.2. The summed E-state index contributed by atoms with van der Waals surface area (Å²) in [6.45, 7) is 3.86. The molecule has 0 unspecified atom stereocenters. The third-order valence-corrected chi connectivity index (χ3v) is 7.28. The second kappa shape index (κ2) is 9.67. The number of piperazine rings is 1. The summed E-state index contributed by atoms with van der Waals surface area (Å²) >= 11 is 13.0. The molecule has 9 heteroatoms. The lowest BCUT2D eigenvalue weighted by atomic mass is 10.1. The van der Waals surface area contributed by atoms with Crippen molar-refractivity contribution in [2.45, 2.75) is 0 Å². The predicted octanol–water partition coefficient (Wildman–Crippen LogP) is 5.30. The predicted molar refractivity (Wildman–Crippen MR) is 150 cm³/mol. The van der Waals surface area contributed by atoms with Gasteiger partial charge in [0.25, 0.3) is 5.56 Å². The Morgan fingerprint density at radius 2 is 1.51 bits per heavy atom. The van der Waals surface area contributed by atoms with Crippen molar-refractivity contribution in [3.63, 3.8) is 0 Å². The van der Waals surface area contributed by atoms with E-state index in [1.807, 2.05) is 48.5 Å². The molecule has 0 saturated carbocycles. The van der Waals surface area contributed by atoms with Crippen molar-refractivity contribution >= 4 is 39.9 Å². The molecule has 0 atom stereocenters. The molecule has 37 heavy (non-hydrogen) atoms. The fourth-order valence-corrected chi connectivity index (χ4v) is 5.02. The Morgan fingerprint density at radius 1 is 0.811 bits per heavy atom. The summed E-state index contributed by atoms with van der Waals surface area (Å²) in [4.78, 5) is 23.4. The molecular weight excluding hydrogens is 507 g/mol. The Kier molecular flexibility index (Phi) is 6.20. The second-order valence-corrected chi connectivity index (χ2v) is 10.00. The van der Waals surface area contributed by atoms with Gasteiger partial charge in [-0.15, -0.1) is 5.10 Å². The summed E-state index contributed by atoms with van der Waals surface area (Å²) in [5.41, 5.74) is 3.32. The van der Waals surface area contributed by atoms with Gasteiger partial charge in [0.2, 0.25) is 0 Å². The van der Waals surface area contributed by atoms with Gasteiger partial charge in [-0.3, -0.25) is 9.36 Å². The van der Waals surface area contributed by atoms with Crippen LogP contribution in [0.3, 0.4) is 0 Å². The van der Waals surface area contributed by atoms with Crippen molar-refractivity contribution in [1.82, 2.24) is 24.2 Å². The standard InChI is InChI=1S/C28H24Cl2N6O/c1-33-13-15-34(16-14-33)22-11-12-23(25(30)17-22)27-31-26-24(18-35(32-26)20-5-3-2-4-6-20)28(37)36(27)21-9-7-19(29)8-10-21/h2-12,17-18H,13-16H2,1H3. The summed E-state index contributed by atoms with van der Waals surface area (Å²) < 4.78 is 3.25. The molecule has 0 aliphatic carbocycles. The van der Waals surface area contributed by atoms with Crippen LogP contribution in [0, 0.1) is 0 Å². The third-order valence-electron chi connectivity index (χ3n) is 6.72. The summed E-state index contributed by atoms with van der Waals surface area (Å²) in [5.74, 6) is 0.424. The van der Waals surface area contributed by atoms with Crippen LogP contribution in [0.2, 0.25) is 10.0 Å². The first kappa shape index (κ1) is 23.7. The molecule has 2 aromatic heterocycles. The van der Waals surface area contributed by atoms with Gasteiger partial charge in [0.15, 0.2) is 11.5 Å². The molecule has 6 rings (SSSR count). The van der Waals surface area contributed by atoms with Crippen LogP contribution in [0.4, 0.5) is 5.69 Å². The van der Waals surface area contributed by atoms with E-state index in [4.69, 9.17) is 28.2 Å². The number of fused-ring (bicyclic) bond motifs is 1. The molecule has 7 nitrogen and oxygen atoms in total. The van der Waals surface area contributed by atoms with Crippen molar-refractivity contribution in [1.29, 1.82) is 0 Å². The Labute approximate surface area is 224 Å². The Morgan fingerprint density at radius 3 is 2.22 bits per heavy atom. The molecule has 1 aliphatic rings. The topological polar surface area (TPSA) is 59.2 Å². The van der Waals surface area contributed by atoms with Crippen molar-refractivity contribution in [2.24, 2.45) is 0 Å². The van der Waals surface area contributed by atoms with Crippen LogP contribution in [-0.2, 0) is 0 Å². The average Bonchev–Trinajstić information content (AvgIpc) is 3.35.